The summed E-state index contributed by atoms with van der Waals surface area (Å²) in [6.45, 7) is 0. The highest BCUT2D eigenvalue weighted by molar-refractivity contribution is 5.21. The quantitative estimate of drug-likeness (QED) is 0.910. The van der Waals surface area contributed by atoms with Gasteiger partial charge in [-0.2, -0.15) is 5.10 Å². The Morgan fingerprint density at radius 1 is 1.24 bits per heavy atom. The molecule has 0 amide bonds. The zero-order valence-corrected chi connectivity index (χ0v) is 12.4. The first kappa shape index (κ1) is 14.3. The molecule has 1 N–H and O–H groups in total. The highest BCUT2D eigenvalue weighted by Gasteiger charge is 2.18. The van der Waals surface area contributed by atoms with Crippen LogP contribution >= 0.6 is 0 Å². The minimum absolute atomic E-state index is 0.164. The van der Waals surface area contributed by atoms with Crippen LogP contribution in [0.4, 0.5) is 4.39 Å². The zero-order chi connectivity index (χ0) is 14.7. The third-order valence-corrected chi connectivity index (χ3v) is 4.40. The minimum atomic E-state index is -0.195. The molecule has 1 unspecified atom stereocenters. The van der Waals surface area contributed by atoms with Crippen molar-refractivity contribution in [3.8, 4) is 0 Å². The maximum atomic E-state index is 13.0. The molecule has 0 bridgehead atoms. The molecule has 1 fully saturated rings. The second kappa shape index (κ2) is 6.39. The molecule has 1 atom stereocenters. The van der Waals surface area contributed by atoms with Crippen molar-refractivity contribution >= 4 is 0 Å². The molecule has 21 heavy (non-hydrogen) atoms. The number of likely N-dealkylation sites (N-methyl/N-ethyl adjacent to an activating group) is 1. The van der Waals surface area contributed by atoms with Crippen LogP contribution in [0.5, 0.6) is 0 Å². The fourth-order valence-electron chi connectivity index (χ4n) is 3.15. The fraction of sp³-hybridized carbons (Fsp3) is 0.471. The van der Waals surface area contributed by atoms with E-state index in [1.54, 1.807) is 0 Å². The number of hydrogen-bond donors (Lipinski definition) is 1. The van der Waals surface area contributed by atoms with Crippen LogP contribution in [0.15, 0.2) is 36.5 Å². The van der Waals surface area contributed by atoms with Gasteiger partial charge < -0.3 is 5.32 Å². The van der Waals surface area contributed by atoms with E-state index in [4.69, 9.17) is 5.10 Å². The lowest BCUT2D eigenvalue weighted by atomic mass is 10.0. The van der Waals surface area contributed by atoms with Crippen LogP contribution in [0.3, 0.4) is 0 Å². The van der Waals surface area contributed by atoms with Gasteiger partial charge in [-0.15, -0.1) is 0 Å². The van der Waals surface area contributed by atoms with E-state index in [2.05, 4.69) is 22.3 Å². The number of aromatic nitrogens is 2. The number of benzene rings is 1. The van der Waals surface area contributed by atoms with Crippen LogP contribution in [-0.2, 0) is 6.42 Å². The van der Waals surface area contributed by atoms with Crippen LogP contribution in [0, 0.1) is 5.82 Å². The fourth-order valence-corrected chi connectivity index (χ4v) is 3.15. The normalized spacial score (nSPS) is 17.2. The lowest BCUT2D eigenvalue weighted by molar-refractivity contribution is 0.459. The average molecular weight is 287 g/mol. The zero-order valence-electron chi connectivity index (χ0n) is 12.4. The van der Waals surface area contributed by atoms with Crippen molar-refractivity contribution < 1.29 is 4.39 Å². The number of nitrogens with one attached hydrogen (secondary N) is 1. The monoisotopic (exact) mass is 287 g/mol. The van der Waals surface area contributed by atoms with Crippen LogP contribution in [0.1, 0.15) is 49.0 Å². The van der Waals surface area contributed by atoms with Gasteiger partial charge in [-0.25, -0.2) is 4.39 Å². The maximum absolute atomic E-state index is 13.0. The van der Waals surface area contributed by atoms with Gasteiger partial charge in [0.25, 0.3) is 0 Å². The molecule has 1 saturated carbocycles. The lowest BCUT2D eigenvalue weighted by Crippen LogP contribution is -2.19. The molecule has 1 aromatic carbocycles. The van der Waals surface area contributed by atoms with E-state index in [-0.39, 0.29) is 11.9 Å². The van der Waals surface area contributed by atoms with E-state index < -0.39 is 0 Å². The van der Waals surface area contributed by atoms with E-state index in [9.17, 15) is 4.39 Å². The molecule has 0 aliphatic heterocycles. The smallest absolute Gasteiger partial charge is 0.123 e. The summed E-state index contributed by atoms with van der Waals surface area (Å²) in [5, 5.41) is 8.02. The van der Waals surface area contributed by atoms with Gasteiger partial charge in [0, 0.05) is 18.7 Å². The second-order valence-corrected chi connectivity index (χ2v) is 5.82. The molecule has 1 aliphatic rings. The predicted molar refractivity (Wildman–Crippen MR) is 81.6 cm³/mol. The van der Waals surface area contributed by atoms with Gasteiger partial charge in [0.05, 0.1) is 11.7 Å². The molecule has 0 spiro atoms. The third kappa shape index (κ3) is 3.32. The van der Waals surface area contributed by atoms with Gasteiger partial charge in [0.2, 0.25) is 0 Å². The molecule has 3 nitrogen and oxygen atoms in total. The first-order valence-corrected chi connectivity index (χ1v) is 7.73. The van der Waals surface area contributed by atoms with E-state index >= 15 is 0 Å². The molecule has 4 heteroatoms. The SMILES string of the molecule is CNC(Cc1ccn(C2CCCC2)n1)c1ccc(F)cc1. The number of hydrogen-bond acceptors (Lipinski definition) is 2. The average Bonchev–Trinajstić information content (AvgIpc) is 3.17. The van der Waals surface area contributed by atoms with Gasteiger partial charge in [0.15, 0.2) is 0 Å². The maximum Gasteiger partial charge on any atom is 0.123 e. The molecule has 1 heterocycles. The molecular formula is C17H22FN3. The summed E-state index contributed by atoms with van der Waals surface area (Å²) in [5.41, 5.74) is 2.18. The van der Waals surface area contributed by atoms with Crippen molar-refractivity contribution in [1.29, 1.82) is 0 Å². The first-order valence-electron chi connectivity index (χ1n) is 7.73. The summed E-state index contributed by atoms with van der Waals surface area (Å²) < 4.78 is 15.1. The molecule has 1 aromatic heterocycles. The largest absolute Gasteiger partial charge is 0.313 e. The minimum Gasteiger partial charge on any atom is -0.313 e. The molecule has 0 radical (unpaired) electrons. The molecule has 112 valence electrons. The van der Waals surface area contributed by atoms with Gasteiger partial charge in [-0.3, -0.25) is 4.68 Å². The topological polar surface area (TPSA) is 29.9 Å². The predicted octanol–water partition coefficient (Wildman–Crippen LogP) is 3.64. The number of nitrogens with zero attached hydrogens (tertiary/aromatic N) is 2. The molecule has 0 saturated heterocycles. The highest BCUT2D eigenvalue weighted by atomic mass is 19.1. The standard InChI is InChI=1S/C17H22FN3/c1-19-17(13-6-8-14(18)9-7-13)12-15-10-11-21(20-15)16-4-2-3-5-16/h6-11,16-17,19H,2-5,12H2,1H3. The molecule has 2 aromatic rings. The van der Waals surface area contributed by atoms with E-state index in [0.29, 0.717) is 6.04 Å². The Bertz CT molecular complexity index is 570. The summed E-state index contributed by atoms with van der Waals surface area (Å²) in [6, 6.07) is 9.55. The molecular weight excluding hydrogens is 265 g/mol. The Hall–Kier alpha value is -1.68. The Kier molecular flexibility index (Phi) is 4.34. The van der Waals surface area contributed by atoms with Crippen LogP contribution in [0.2, 0.25) is 0 Å². The third-order valence-electron chi connectivity index (χ3n) is 4.40. The van der Waals surface area contributed by atoms with Gasteiger partial charge >= 0.3 is 0 Å². The van der Waals surface area contributed by atoms with Gasteiger partial charge in [0.1, 0.15) is 5.82 Å². The summed E-state index contributed by atoms with van der Waals surface area (Å²) in [5.74, 6) is -0.195. The summed E-state index contributed by atoms with van der Waals surface area (Å²) >= 11 is 0. The van der Waals surface area contributed by atoms with Crippen molar-refractivity contribution in [1.82, 2.24) is 15.1 Å². The van der Waals surface area contributed by atoms with Crippen molar-refractivity contribution in [2.45, 2.75) is 44.2 Å². The Labute approximate surface area is 125 Å². The lowest BCUT2D eigenvalue weighted by Gasteiger charge is -2.15. The summed E-state index contributed by atoms with van der Waals surface area (Å²) in [6.07, 6.45) is 8.04. The van der Waals surface area contributed by atoms with E-state index in [1.807, 2.05) is 19.2 Å². The summed E-state index contributed by atoms with van der Waals surface area (Å²) in [4.78, 5) is 0. The first-order chi connectivity index (χ1) is 10.3. The van der Waals surface area contributed by atoms with E-state index in [1.165, 1.54) is 37.8 Å². The highest BCUT2D eigenvalue weighted by Crippen LogP contribution is 2.29. The van der Waals surface area contributed by atoms with Crippen LogP contribution < -0.4 is 5.32 Å². The van der Waals surface area contributed by atoms with Crippen molar-refractivity contribution in [3.63, 3.8) is 0 Å². The van der Waals surface area contributed by atoms with Crippen molar-refractivity contribution in [2.75, 3.05) is 7.05 Å². The summed E-state index contributed by atoms with van der Waals surface area (Å²) in [7, 11) is 1.93. The van der Waals surface area contributed by atoms with Gasteiger partial charge in [-0.1, -0.05) is 25.0 Å². The van der Waals surface area contributed by atoms with Gasteiger partial charge in [-0.05, 0) is 43.7 Å². The number of rotatable bonds is 5. The molecule has 1 aliphatic carbocycles. The molecule has 3 rings (SSSR count). The van der Waals surface area contributed by atoms with Crippen molar-refractivity contribution in [3.05, 3.63) is 53.6 Å². The van der Waals surface area contributed by atoms with Crippen LogP contribution in [0.25, 0.3) is 0 Å². The number of halogens is 1. The van der Waals surface area contributed by atoms with E-state index in [0.717, 1.165) is 17.7 Å². The Balaban J connectivity index is 1.70. The second-order valence-electron chi connectivity index (χ2n) is 5.82. The van der Waals surface area contributed by atoms with Crippen LogP contribution in [-0.4, -0.2) is 16.8 Å². The Morgan fingerprint density at radius 3 is 2.62 bits per heavy atom. The van der Waals surface area contributed by atoms with Crippen molar-refractivity contribution in [2.24, 2.45) is 0 Å². The Morgan fingerprint density at radius 2 is 1.95 bits per heavy atom.